The standard InChI is InChI=1S/C27H21ClINO6S/c1-2-35-22-12-18(11-21(29)24(22)36-15-17-3-7-19(8-4-17)26(32)33)13-23-25(31)30(27(34)37-23)14-16-5-9-20(28)10-6-16/h3-13H,2,14-15H2,1H3,(H,32,33)/b23-13-. The van der Waals surface area contributed by atoms with E-state index in [0.29, 0.717) is 33.6 Å². The Morgan fingerprint density at radius 3 is 2.38 bits per heavy atom. The van der Waals surface area contributed by atoms with Gasteiger partial charge < -0.3 is 14.6 Å². The van der Waals surface area contributed by atoms with Gasteiger partial charge in [-0.25, -0.2) is 4.79 Å². The molecule has 1 N–H and O–H groups in total. The van der Waals surface area contributed by atoms with E-state index in [1.807, 2.05) is 13.0 Å². The van der Waals surface area contributed by atoms with E-state index in [-0.39, 0.29) is 29.9 Å². The van der Waals surface area contributed by atoms with Crippen molar-refractivity contribution in [2.75, 3.05) is 6.61 Å². The van der Waals surface area contributed by atoms with Crippen LogP contribution in [0.15, 0.2) is 65.6 Å². The van der Waals surface area contributed by atoms with E-state index in [9.17, 15) is 14.4 Å². The van der Waals surface area contributed by atoms with Crippen LogP contribution in [0.5, 0.6) is 11.5 Å². The van der Waals surface area contributed by atoms with E-state index in [1.165, 1.54) is 17.0 Å². The zero-order chi connectivity index (χ0) is 26.5. The van der Waals surface area contributed by atoms with Crippen LogP contribution in [0, 0.1) is 3.57 Å². The van der Waals surface area contributed by atoms with Gasteiger partial charge in [0.1, 0.15) is 6.61 Å². The number of benzene rings is 3. The minimum Gasteiger partial charge on any atom is -0.490 e. The molecule has 3 aromatic carbocycles. The summed E-state index contributed by atoms with van der Waals surface area (Å²) in [4.78, 5) is 38.1. The van der Waals surface area contributed by atoms with Gasteiger partial charge in [0, 0.05) is 5.02 Å². The molecule has 1 aliphatic rings. The highest BCUT2D eigenvalue weighted by Crippen LogP contribution is 2.38. The van der Waals surface area contributed by atoms with E-state index < -0.39 is 5.97 Å². The Bertz CT molecular complexity index is 1370. The Balaban J connectivity index is 1.52. The van der Waals surface area contributed by atoms with Gasteiger partial charge in [0.05, 0.1) is 27.2 Å². The van der Waals surface area contributed by atoms with Crippen LogP contribution in [0.4, 0.5) is 4.79 Å². The minimum absolute atomic E-state index is 0.168. The smallest absolute Gasteiger partial charge is 0.335 e. The normalized spacial score (nSPS) is 14.4. The van der Waals surface area contributed by atoms with E-state index in [0.717, 1.165) is 26.5 Å². The SMILES string of the molecule is CCOc1cc(/C=C2\SC(=O)N(Cc3ccc(Cl)cc3)C2=O)cc(I)c1OCc1ccc(C(=O)O)cc1. The fourth-order valence-electron chi connectivity index (χ4n) is 3.53. The van der Waals surface area contributed by atoms with Crippen LogP contribution in [0.2, 0.25) is 5.02 Å². The molecule has 0 aliphatic carbocycles. The van der Waals surface area contributed by atoms with Crippen LogP contribution in [-0.2, 0) is 17.9 Å². The predicted octanol–water partition coefficient (Wildman–Crippen LogP) is 6.86. The number of imide groups is 1. The zero-order valence-corrected chi connectivity index (χ0v) is 23.3. The Morgan fingerprint density at radius 2 is 1.73 bits per heavy atom. The quantitative estimate of drug-likeness (QED) is 0.200. The van der Waals surface area contributed by atoms with E-state index in [1.54, 1.807) is 48.5 Å². The average Bonchev–Trinajstić information content (AvgIpc) is 3.12. The number of hydrogen-bond acceptors (Lipinski definition) is 6. The lowest BCUT2D eigenvalue weighted by Gasteiger charge is -2.15. The van der Waals surface area contributed by atoms with E-state index in [2.05, 4.69) is 22.6 Å². The van der Waals surface area contributed by atoms with Crippen LogP contribution in [0.3, 0.4) is 0 Å². The molecule has 37 heavy (non-hydrogen) atoms. The van der Waals surface area contributed by atoms with Gasteiger partial charge in [0.25, 0.3) is 11.1 Å². The number of carboxylic acids is 1. The summed E-state index contributed by atoms with van der Waals surface area (Å²) in [7, 11) is 0. The number of ether oxygens (including phenoxy) is 2. The predicted molar refractivity (Wildman–Crippen MR) is 151 cm³/mol. The number of thioether (sulfide) groups is 1. The van der Waals surface area contributed by atoms with Crippen molar-refractivity contribution in [3.63, 3.8) is 0 Å². The fraction of sp³-hybridized carbons (Fsp3) is 0.148. The van der Waals surface area contributed by atoms with Crippen LogP contribution in [-0.4, -0.2) is 33.7 Å². The first-order chi connectivity index (χ1) is 17.7. The van der Waals surface area contributed by atoms with Crippen molar-refractivity contribution in [3.8, 4) is 11.5 Å². The fourth-order valence-corrected chi connectivity index (χ4v) is 5.28. The van der Waals surface area contributed by atoms with Gasteiger partial charge in [-0.15, -0.1) is 0 Å². The third kappa shape index (κ3) is 6.65. The molecule has 10 heteroatoms. The first kappa shape index (κ1) is 27.0. The summed E-state index contributed by atoms with van der Waals surface area (Å²) in [5.41, 5.74) is 2.51. The van der Waals surface area contributed by atoms with Crippen LogP contribution < -0.4 is 9.47 Å². The largest absolute Gasteiger partial charge is 0.490 e. The number of aromatic carboxylic acids is 1. The Hall–Kier alpha value is -3.02. The van der Waals surface area contributed by atoms with Gasteiger partial charge in [-0.2, -0.15) is 0 Å². The lowest BCUT2D eigenvalue weighted by Crippen LogP contribution is -2.27. The van der Waals surface area contributed by atoms with Crippen LogP contribution in [0.25, 0.3) is 6.08 Å². The first-order valence-electron chi connectivity index (χ1n) is 11.2. The molecule has 7 nitrogen and oxygen atoms in total. The maximum atomic E-state index is 13.0. The third-order valence-electron chi connectivity index (χ3n) is 5.34. The molecule has 0 bridgehead atoms. The van der Waals surface area contributed by atoms with E-state index >= 15 is 0 Å². The number of amides is 2. The van der Waals surface area contributed by atoms with Crippen molar-refractivity contribution in [1.82, 2.24) is 4.90 Å². The molecule has 0 radical (unpaired) electrons. The highest BCUT2D eigenvalue weighted by Gasteiger charge is 2.35. The number of carboxylic acid groups (broad SMARTS) is 1. The van der Waals surface area contributed by atoms with E-state index in [4.69, 9.17) is 26.2 Å². The molecule has 4 rings (SSSR count). The molecule has 1 aliphatic heterocycles. The van der Waals surface area contributed by atoms with Crippen molar-refractivity contribution in [2.24, 2.45) is 0 Å². The molecule has 0 aromatic heterocycles. The topological polar surface area (TPSA) is 93.1 Å². The van der Waals surface area contributed by atoms with Crippen LogP contribution >= 0.6 is 46.0 Å². The number of nitrogens with zero attached hydrogens (tertiary/aromatic N) is 1. The molecule has 0 unspecified atom stereocenters. The Labute approximate surface area is 236 Å². The second kappa shape index (κ2) is 12.0. The van der Waals surface area contributed by atoms with Gasteiger partial charge >= 0.3 is 5.97 Å². The molecule has 3 aromatic rings. The molecule has 1 saturated heterocycles. The summed E-state index contributed by atoms with van der Waals surface area (Å²) >= 11 is 8.95. The highest BCUT2D eigenvalue weighted by molar-refractivity contribution is 14.1. The van der Waals surface area contributed by atoms with Crippen molar-refractivity contribution >= 4 is 69.1 Å². The maximum Gasteiger partial charge on any atom is 0.335 e. The highest BCUT2D eigenvalue weighted by atomic mass is 127. The number of hydrogen-bond donors (Lipinski definition) is 1. The maximum absolute atomic E-state index is 13.0. The second-order valence-electron chi connectivity index (χ2n) is 7.95. The third-order valence-corrected chi connectivity index (χ3v) is 7.30. The minimum atomic E-state index is -0.987. The molecular formula is C27H21ClINO6S. The average molecular weight is 650 g/mol. The number of halogens is 2. The summed E-state index contributed by atoms with van der Waals surface area (Å²) in [6.07, 6.45) is 1.67. The van der Waals surface area contributed by atoms with Crippen LogP contribution in [0.1, 0.15) is 34.0 Å². The molecule has 0 atom stereocenters. The second-order valence-corrected chi connectivity index (χ2v) is 10.5. The first-order valence-corrected chi connectivity index (χ1v) is 13.4. The molecule has 1 heterocycles. The van der Waals surface area contributed by atoms with Crippen molar-refractivity contribution < 1.29 is 29.0 Å². The molecular weight excluding hydrogens is 629 g/mol. The van der Waals surface area contributed by atoms with Gasteiger partial charge in [-0.3, -0.25) is 14.5 Å². The monoisotopic (exact) mass is 649 g/mol. The van der Waals surface area contributed by atoms with Gasteiger partial charge in [0.15, 0.2) is 11.5 Å². The summed E-state index contributed by atoms with van der Waals surface area (Å²) < 4.78 is 12.6. The van der Waals surface area contributed by atoms with Crippen molar-refractivity contribution in [1.29, 1.82) is 0 Å². The lowest BCUT2D eigenvalue weighted by molar-refractivity contribution is -0.123. The summed E-state index contributed by atoms with van der Waals surface area (Å²) in [5.74, 6) is -0.303. The molecule has 1 fully saturated rings. The Kier molecular flexibility index (Phi) is 8.78. The van der Waals surface area contributed by atoms with Crippen molar-refractivity contribution in [2.45, 2.75) is 20.1 Å². The molecule has 0 spiro atoms. The number of carbonyl (C=O) groups is 3. The van der Waals surface area contributed by atoms with Gasteiger partial charge in [-0.1, -0.05) is 35.9 Å². The number of rotatable bonds is 9. The summed E-state index contributed by atoms with van der Waals surface area (Å²) in [6, 6.07) is 17.1. The summed E-state index contributed by atoms with van der Waals surface area (Å²) in [5, 5.41) is 9.31. The Morgan fingerprint density at radius 1 is 1.05 bits per heavy atom. The van der Waals surface area contributed by atoms with Gasteiger partial charge in [0.2, 0.25) is 0 Å². The lowest BCUT2D eigenvalue weighted by atomic mass is 10.1. The number of carbonyl (C=O) groups excluding carboxylic acids is 2. The van der Waals surface area contributed by atoms with Crippen molar-refractivity contribution in [3.05, 3.63) is 96.4 Å². The molecule has 0 saturated carbocycles. The molecule has 2 amide bonds. The zero-order valence-electron chi connectivity index (χ0n) is 19.6. The molecule has 190 valence electrons. The van der Waals surface area contributed by atoms with Gasteiger partial charge in [-0.05, 0) is 100 Å². The summed E-state index contributed by atoms with van der Waals surface area (Å²) in [6.45, 7) is 2.65.